The van der Waals surface area contributed by atoms with Crippen molar-refractivity contribution in [2.45, 2.75) is 26.2 Å². The van der Waals surface area contributed by atoms with Gasteiger partial charge in [-0.3, -0.25) is 14.4 Å². The molecule has 9 heteroatoms. The molecule has 184 valence electrons. The summed E-state index contributed by atoms with van der Waals surface area (Å²) in [5.41, 5.74) is 1.12. The number of nitrogens with one attached hydrogen (secondary N) is 1. The van der Waals surface area contributed by atoms with Crippen molar-refractivity contribution in [2.75, 3.05) is 32.8 Å². The van der Waals surface area contributed by atoms with Crippen LogP contribution in [0.1, 0.15) is 41.4 Å². The van der Waals surface area contributed by atoms with Crippen molar-refractivity contribution in [1.82, 2.24) is 20.0 Å². The summed E-state index contributed by atoms with van der Waals surface area (Å²) >= 11 is 0. The summed E-state index contributed by atoms with van der Waals surface area (Å²) in [4.78, 5) is 40.7. The van der Waals surface area contributed by atoms with Crippen LogP contribution in [0.5, 0.6) is 0 Å². The largest absolute Gasteiger partial charge is 0.397 e. The van der Waals surface area contributed by atoms with Gasteiger partial charge in [-0.05, 0) is 43.5 Å². The number of nitrogens with zero attached hydrogens (tertiary/aromatic N) is 3. The van der Waals surface area contributed by atoms with Crippen LogP contribution in [0.2, 0.25) is 0 Å². The Balaban J connectivity index is 0.000000917. The molecule has 1 aliphatic heterocycles. The number of amides is 2. The van der Waals surface area contributed by atoms with Crippen LogP contribution in [-0.2, 0) is 11.2 Å². The predicted octanol–water partition coefficient (Wildman–Crippen LogP) is 2.35. The average Bonchev–Trinajstić information content (AvgIpc) is 3.72. The second-order valence-corrected chi connectivity index (χ2v) is 8.74. The number of aliphatic hydroxyl groups is 1. The average molecular weight is 481 g/mol. The number of hydrogen-bond acceptors (Lipinski definition) is 5. The van der Waals surface area contributed by atoms with Gasteiger partial charge in [-0.25, -0.2) is 9.49 Å². The molecule has 0 spiro atoms. The Kier molecular flexibility index (Phi) is 7.55. The monoisotopic (exact) mass is 480 g/mol. The molecule has 0 atom stereocenters. The molecule has 3 aromatic rings. The second kappa shape index (κ2) is 10.8. The van der Waals surface area contributed by atoms with Crippen molar-refractivity contribution >= 4 is 22.6 Å². The Morgan fingerprint density at radius 3 is 2.34 bits per heavy atom. The Labute approximate surface area is 202 Å². The maximum Gasteiger partial charge on any atom is 0.272 e. The zero-order valence-corrected chi connectivity index (χ0v) is 19.7. The number of H-pyrrole nitrogens is 1. The molecule has 2 N–H and O–H groups in total. The molecular weight excluding hydrogens is 451 g/mol. The van der Waals surface area contributed by atoms with E-state index in [1.54, 1.807) is 41.0 Å². The van der Waals surface area contributed by atoms with E-state index in [2.05, 4.69) is 10.2 Å². The molecule has 0 unspecified atom stereocenters. The summed E-state index contributed by atoms with van der Waals surface area (Å²) in [5, 5.41) is 15.5. The third-order valence-corrected chi connectivity index (χ3v) is 6.21. The zero-order chi connectivity index (χ0) is 24.9. The van der Waals surface area contributed by atoms with Crippen molar-refractivity contribution in [1.29, 1.82) is 0 Å². The van der Waals surface area contributed by atoms with Crippen LogP contribution in [0.15, 0.2) is 47.3 Å². The van der Waals surface area contributed by atoms with Gasteiger partial charge in [0.15, 0.2) is 0 Å². The smallest absolute Gasteiger partial charge is 0.272 e. The molecule has 35 heavy (non-hydrogen) atoms. The van der Waals surface area contributed by atoms with Crippen LogP contribution in [0.4, 0.5) is 4.39 Å². The lowest BCUT2D eigenvalue weighted by molar-refractivity contribution is -0.134. The number of aromatic nitrogens is 2. The van der Waals surface area contributed by atoms with Gasteiger partial charge in [-0.15, -0.1) is 0 Å². The van der Waals surface area contributed by atoms with E-state index in [1.807, 2.05) is 12.1 Å². The molecule has 2 aromatic carbocycles. The highest BCUT2D eigenvalue weighted by Gasteiger charge is 2.35. The quantitative estimate of drug-likeness (QED) is 0.596. The van der Waals surface area contributed by atoms with Crippen molar-refractivity contribution in [2.24, 2.45) is 5.92 Å². The van der Waals surface area contributed by atoms with Gasteiger partial charge in [-0.1, -0.05) is 24.3 Å². The number of carbonyl (C=O) groups excluding carboxylic acids is 2. The lowest BCUT2D eigenvalue weighted by atomic mass is 10.0. The first-order valence-corrected chi connectivity index (χ1v) is 11.9. The van der Waals surface area contributed by atoms with Crippen LogP contribution in [0.25, 0.3) is 10.8 Å². The lowest BCUT2D eigenvalue weighted by Gasteiger charge is -2.35. The number of fused-ring (bicyclic) bond motifs is 1. The summed E-state index contributed by atoms with van der Waals surface area (Å²) in [6.45, 7) is 3.69. The summed E-state index contributed by atoms with van der Waals surface area (Å²) in [7, 11) is 0. The van der Waals surface area contributed by atoms with Crippen molar-refractivity contribution < 1.29 is 19.1 Å². The van der Waals surface area contributed by atoms with E-state index in [0.29, 0.717) is 43.7 Å². The number of aliphatic hydroxyl groups excluding tert-OH is 1. The SMILES string of the molecule is CCO.O=C(c1cc(Cc2n[nH]c(=O)c3ccccc23)ccc1F)N1CCN(C(=O)C2CC2)CC1. The van der Waals surface area contributed by atoms with E-state index >= 15 is 0 Å². The van der Waals surface area contributed by atoms with Gasteiger partial charge in [0.2, 0.25) is 5.91 Å². The minimum atomic E-state index is -0.575. The van der Waals surface area contributed by atoms with Gasteiger partial charge in [0, 0.05) is 50.5 Å². The van der Waals surface area contributed by atoms with Gasteiger partial charge in [0.25, 0.3) is 11.5 Å². The number of hydrogen-bond donors (Lipinski definition) is 2. The first-order valence-electron chi connectivity index (χ1n) is 11.9. The molecule has 2 amide bonds. The molecule has 2 aliphatic rings. The molecule has 1 saturated carbocycles. The third kappa shape index (κ3) is 5.57. The van der Waals surface area contributed by atoms with Crippen LogP contribution in [0.3, 0.4) is 0 Å². The summed E-state index contributed by atoms with van der Waals surface area (Å²) in [6.07, 6.45) is 2.26. The molecular formula is C26H29FN4O4. The van der Waals surface area contributed by atoms with E-state index in [9.17, 15) is 18.8 Å². The Morgan fingerprint density at radius 2 is 1.69 bits per heavy atom. The normalized spacial score (nSPS) is 15.5. The van der Waals surface area contributed by atoms with Gasteiger partial charge in [-0.2, -0.15) is 5.10 Å². The molecule has 1 saturated heterocycles. The maximum atomic E-state index is 14.6. The fourth-order valence-corrected chi connectivity index (χ4v) is 4.23. The van der Waals surface area contributed by atoms with Crippen molar-refractivity contribution in [3.8, 4) is 0 Å². The molecule has 5 rings (SSSR count). The van der Waals surface area contributed by atoms with Crippen LogP contribution in [0, 0.1) is 11.7 Å². The number of halogens is 1. The number of benzene rings is 2. The molecule has 1 aromatic heterocycles. The molecule has 2 fully saturated rings. The molecule has 0 bridgehead atoms. The van der Waals surface area contributed by atoms with Crippen molar-refractivity contribution in [3.63, 3.8) is 0 Å². The Morgan fingerprint density at radius 1 is 1.06 bits per heavy atom. The number of carbonyl (C=O) groups is 2. The fourth-order valence-electron chi connectivity index (χ4n) is 4.23. The first kappa shape index (κ1) is 24.5. The maximum absolute atomic E-state index is 14.6. The molecule has 0 radical (unpaired) electrons. The summed E-state index contributed by atoms with van der Waals surface area (Å²) in [5.74, 6) is -0.619. The van der Waals surface area contributed by atoms with E-state index in [1.165, 1.54) is 6.07 Å². The van der Waals surface area contributed by atoms with Gasteiger partial charge in [0.1, 0.15) is 5.82 Å². The van der Waals surface area contributed by atoms with E-state index < -0.39 is 5.82 Å². The van der Waals surface area contributed by atoms with E-state index in [0.717, 1.165) is 23.8 Å². The van der Waals surface area contributed by atoms with Crippen LogP contribution < -0.4 is 5.56 Å². The zero-order valence-electron chi connectivity index (χ0n) is 19.7. The fraction of sp³-hybridized carbons (Fsp3) is 0.385. The minimum absolute atomic E-state index is 0.0122. The Hall–Kier alpha value is -3.59. The van der Waals surface area contributed by atoms with Gasteiger partial charge >= 0.3 is 0 Å². The standard InChI is InChI=1S/C24H23FN4O3.C2H6O/c25-20-8-5-15(14-21-17-3-1-2-4-18(17)22(30)27-26-21)13-19(20)24(32)29-11-9-28(10-12-29)23(31)16-6-7-16;1-2-3/h1-5,8,13,16H,6-7,9-12,14H2,(H,27,30);3H,2H2,1H3. The highest BCUT2D eigenvalue weighted by molar-refractivity contribution is 5.95. The molecule has 2 heterocycles. The summed E-state index contributed by atoms with van der Waals surface area (Å²) < 4.78 is 14.6. The predicted molar refractivity (Wildman–Crippen MR) is 130 cm³/mol. The Bertz CT molecular complexity index is 1280. The second-order valence-electron chi connectivity index (χ2n) is 8.74. The minimum Gasteiger partial charge on any atom is -0.397 e. The summed E-state index contributed by atoms with van der Waals surface area (Å²) in [6, 6.07) is 11.6. The highest BCUT2D eigenvalue weighted by Crippen LogP contribution is 2.31. The number of rotatable bonds is 4. The van der Waals surface area contributed by atoms with Crippen LogP contribution in [-0.4, -0.2) is 69.7 Å². The van der Waals surface area contributed by atoms with Gasteiger partial charge in [0.05, 0.1) is 16.6 Å². The topological polar surface area (TPSA) is 107 Å². The van der Waals surface area contributed by atoms with Crippen LogP contribution >= 0.6 is 0 Å². The molecule has 8 nitrogen and oxygen atoms in total. The van der Waals surface area contributed by atoms with Crippen molar-refractivity contribution in [3.05, 3.63) is 75.5 Å². The highest BCUT2D eigenvalue weighted by atomic mass is 19.1. The van der Waals surface area contributed by atoms with E-state index in [4.69, 9.17) is 5.11 Å². The first-order chi connectivity index (χ1) is 16.9. The lowest BCUT2D eigenvalue weighted by Crippen LogP contribution is -2.51. The number of piperazine rings is 1. The third-order valence-electron chi connectivity index (χ3n) is 6.21. The number of aromatic amines is 1. The van der Waals surface area contributed by atoms with E-state index in [-0.39, 0.29) is 35.5 Å². The van der Waals surface area contributed by atoms with Gasteiger partial charge < -0.3 is 14.9 Å². The molecule has 1 aliphatic carbocycles.